The maximum absolute atomic E-state index is 13.0. The highest BCUT2D eigenvalue weighted by Gasteiger charge is 2.38. The third-order valence-electron chi connectivity index (χ3n) is 4.70. The van der Waals surface area contributed by atoms with Crippen LogP contribution in [0.25, 0.3) is 0 Å². The molecule has 1 fully saturated rings. The lowest BCUT2D eigenvalue weighted by Crippen LogP contribution is -2.57. The van der Waals surface area contributed by atoms with Gasteiger partial charge < -0.3 is 24.3 Å². The third kappa shape index (κ3) is 4.35. The Labute approximate surface area is 177 Å². The van der Waals surface area contributed by atoms with Gasteiger partial charge in [-0.25, -0.2) is 0 Å². The van der Waals surface area contributed by atoms with Gasteiger partial charge in [-0.3, -0.25) is 9.59 Å². The van der Waals surface area contributed by atoms with E-state index in [1.807, 2.05) is 0 Å². The monoisotopic (exact) mass is 487 g/mol. The fourth-order valence-corrected chi connectivity index (χ4v) is 3.55. The van der Waals surface area contributed by atoms with E-state index in [-0.39, 0.29) is 19.6 Å². The highest BCUT2D eigenvalue weighted by Crippen LogP contribution is 2.31. The second-order valence-electron chi connectivity index (χ2n) is 6.55. The van der Waals surface area contributed by atoms with Crippen molar-refractivity contribution in [3.05, 3.63) is 51.9 Å². The third-order valence-corrected chi connectivity index (χ3v) is 5.19. The second-order valence-corrected chi connectivity index (χ2v) is 7.47. The van der Waals surface area contributed by atoms with Crippen molar-refractivity contribution >= 4 is 39.7 Å². The van der Waals surface area contributed by atoms with Crippen molar-refractivity contribution in [2.24, 2.45) is 0 Å². The number of nitrogens with zero attached hydrogens (tertiary/aromatic N) is 2. The number of amides is 2. The van der Waals surface area contributed by atoms with E-state index < -0.39 is 35.6 Å². The zero-order chi connectivity index (χ0) is 22.1. The van der Waals surface area contributed by atoms with Crippen LogP contribution in [0, 0.1) is 0 Å². The number of hydrogen-bond donors (Lipinski definition) is 1. The van der Waals surface area contributed by atoms with Crippen LogP contribution in [-0.2, 0) is 11.0 Å². The number of hydrogen-bond acceptors (Lipinski definition) is 5. The molecular weight excluding hydrogens is 471 g/mol. The van der Waals surface area contributed by atoms with E-state index in [9.17, 15) is 27.6 Å². The number of aldehydes is 1. The maximum atomic E-state index is 13.0. The molecule has 1 N–H and O–H groups in total. The Morgan fingerprint density at radius 1 is 1.20 bits per heavy atom. The molecule has 2 aromatic rings. The number of furan rings is 1. The van der Waals surface area contributed by atoms with Gasteiger partial charge in [0.2, 0.25) is 5.76 Å². The Morgan fingerprint density at radius 2 is 1.93 bits per heavy atom. The minimum absolute atomic E-state index is 0.0382. The molecule has 1 saturated heterocycles. The molecule has 1 atom stereocenters. The predicted molar refractivity (Wildman–Crippen MR) is 104 cm³/mol. The summed E-state index contributed by atoms with van der Waals surface area (Å²) in [5.74, 6) is -2.93. The van der Waals surface area contributed by atoms with E-state index in [0.29, 0.717) is 28.1 Å². The van der Waals surface area contributed by atoms with Crippen LogP contribution in [0.5, 0.6) is 0 Å². The lowest BCUT2D eigenvalue weighted by Gasteiger charge is -2.38. The summed E-state index contributed by atoms with van der Waals surface area (Å²) in [5.41, 5.74) is 0.918. The molecule has 0 saturated carbocycles. The van der Waals surface area contributed by atoms with Crippen LogP contribution in [0.15, 0.2) is 39.2 Å². The largest absolute Gasteiger partial charge is 0.449 e. The number of anilines is 1. The van der Waals surface area contributed by atoms with Crippen molar-refractivity contribution in [1.82, 2.24) is 9.80 Å². The molecule has 1 aliphatic heterocycles. The molecule has 0 bridgehead atoms. The van der Waals surface area contributed by atoms with Crippen LogP contribution in [0.4, 0.5) is 18.9 Å². The van der Waals surface area contributed by atoms with Gasteiger partial charge in [-0.05, 0) is 30.3 Å². The molecule has 160 valence electrons. The van der Waals surface area contributed by atoms with Crippen molar-refractivity contribution in [2.75, 3.05) is 32.0 Å². The van der Waals surface area contributed by atoms with Crippen LogP contribution in [-0.4, -0.2) is 60.6 Å². The van der Waals surface area contributed by atoms with Gasteiger partial charge in [0.05, 0.1) is 5.56 Å². The average molecular weight is 488 g/mol. The molecular formula is C19H17BrF3N3O4. The quantitative estimate of drug-likeness (QED) is 0.669. The molecule has 1 aliphatic rings. The van der Waals surface area contributed by atoms with Crippen molar-refractivity contribution in [3.8, 4) is 0 Å². The Bertz CT molecular complexity index is 976. The van der Waals surface area contributed by atoms with E-state index in [1.165, 1.54) is 9.80 Å². The van der Waals surface area contributed by atoms with Crippen LogP contribution in [0.2, 0.25) is 0 Å². The lowest BCUT2D eigenvalue weighted by molar-refractivity contribution is -0.153. The molecule has 11 heteroatoms. The number of nitrogens with one attached hydrogen (secondary N) is 1. The minimum Gasteiger partial charge on any atom is -0.446 e. The SMILES string of the molecule is CNc1ccc(Br)cc1C(=O)N1CCN(C(=O)c2ccc(C(F)(F)F)o2)CC1C=O. The van der Waals surface area contributed by atoms with Crippen molar-refractivity contribution in [1.29, 1.82) is 0 Å². The molecule has 0 spiro atoms. The van der Waals surface area contributed by atoms with Gasteiger partial charge in [0.1, 0.15) is 12.3 Å². The fourth-order valence-electron chi connectivity index (χ4n) is 3.19. The van der Waals surface area contributed by atoms with Gasteiger partial charge in [-0.15, -0.1) is 0 Å². The Hall–Kier alpha value is -2.82. The average Bonchev–Trinajstić information content (AvgIpc) is 3.23. The van der Waals surface area contributed by atoms with Crippen molar-refractivity contribution in [2.45, 2.75) is 12.2 Å². The first-order valence-electron chi connectivity index (χ1n) is 8.85. The topological polar surface area (TPSA) is 82.9 Å². The van der Waals surface area contributed by atoms with E-state index in [0.717, 1.165) is 6.07 Å². The van der Waals surface area contributed by atoms with Crippen LogP contribution in [0.1, 0.15) is 26.7 Å². The summed E-state index contributed by atoms with van der Waals surface area (Å²) in [6, 6.07) is 5.76. The molecule has 1 aromatic heterocycles. The van der Waals surface area contributed by atoms with E-state index in [4.69, 9.17) is 0 Å². The number of alkyl halides is 3. The number of piperazine rings is 1. The highest BCUT2D eigenvalue weighted by molar-refractivity contribution is 9.10. The van der Waals surface area contributed by atoms with Crippen LogP contribution >= 0.6 is 15.9 Å². The van der Waals surface area contributed by atoms with E-state index in [1.54, 1.807) is 25.2 Å². The molecule has 30 heavy (non-hydrogen) atoms. The lowest BCUT2D eigenvalue weighted by atomic mass is 10.1. The van der Waals surface area contributed by atoms with Crippen LogP contribution in [0.3, 0.4) is 0 Å². The van der Waals surface area contributed by atoms with Crippen molar-refractivity contribution < 1.29 is 32.0 Å². The van der Waals surface area contributed by atoms with Gasteiger partial charge >= 0.3 is 6.18 Å². The molecule has 1 aromatic carbocycles. The molecule has 0 radical (unpaired) electrons. The van der Waals surface area contributed by atoms with Crippen molar-refractivity contribution in [3.63, 3.8) is 0 Å². The first kappa shape index (κ1) is 21.9. The van der Waals surface area contributed by atoms with E-state index in [2.05, 4.69) is 25.7 Å². The standard InChI is InChI=1S/C19H17BrF3N3O4/c1-24-14-3-2-11(20)8-13(14)17(28)26-7-6-25(9-12(26)10-27)18(29)15-4-5-16(30-15)19(21,22)23/h2-5,8,10,12,24H,6-7,9H2,1H3. The van der Waals surface area contributed by atoms with Gasteiger partial charge in [0, 0.05) is 36.8 Å². The highest BCUT2D eigenvalue weighted by atomic mass is 79.9. The molecule has 2 amide bonds. The van der Waals surface area contributed by atoms with Gasteiger partial charge in [0.25, 0.3) is 11.8 Å². The number of halogens is 4. The van der Waals surface area contributed by atoms with Gasteiger partial charge in [-0.1, -0.05) is 15.9 Å². The Morgan fingerprint density at radius 3 is 2.53 bits per heavy atom. The summed E-state index contributed by atoms with van der Waals surface area (Å²) in [6.45, 7) is -0.0741. The number of benzene rings is 1. The predicted octanol–water partition coefficient (Wildman–Crippen LogP) is 3.27. The zero-order valence-electron chi connectivity index (χ0n) is 15.7. The zero-order valence-corrected chi connectivity index (χ0v) is 17.3. The van der Waals surface area contributed by atoms with Gasteiger partial charge in [-0.2, -0.15) is 13.2 Å². The first-order chi connectivity index (χ1) is 14.2. The molecule has 3 rings (SSSR count). The summed E-state index contributed by atoms with van der Waals surface area (Å²) in [5, 5.41) is 2.91. The first-order valence-corrected chi connectivity index (χ1v) is 9.65. The minimum atomic E-state index is -4.70. The number of carbonyl (C=O) groups excluding carboxylic acids is 3. The number of carbonyl (C=O) groups is 3. The second kappa shape index (κ2) is 8.50. The summed E-state index contributed by atoms with van der Waals surface area (Å²) in [6.07, 6.45) is -4.17. The number of rotatable bonds is 4. The summed E-state index contributed by atoms with van der Waals surface area (Å²) < 4.78 is 43.4. The summed E-state index contributed by atoms with van der Waals surface area (Å²) >= 11 is 3.31. The maximum Gasteiger partial charge on any atom is 0.449 e. The fraction of sp³-hybridized carbons (Fsp3) is 0.316. The Kier molecular flexibility index (Phi) is 6.20. The molecule has 1 unspecified atom stereocenters. The normalized spacial score (nSPS) is 17.0. The van der Waals surface area contributed by atoms with E-state index >= 15 is 0 Å². The summed E-state index contributed by atoms with van der Waals surface area (Å²) in [4.78, 5) is 39.7. The molecule has 2 heterocycles. The summed E-state index contributed by atoms with van der Waals surface area (Å²) in [7, 11) is 1.66. The Balaban J connectivity index is 1.77. The smallest absolute Gasteiger partial charge is 0.446 e. The van der Waals surface area contributed by atoms with Gasteiger partial charge in [0.15, 0.2) is 5.76 Å². The molecule has 7 nitrogen and oxygen atoms in total. The molecule has 0 aliphatic carbocycles. The van der Waals surface area contributed by atoms with Crippen LogP contribution < -0.4 is 5.32 Å².